The minimum absolute atomic E-state index is 0.296. The number of hydrazine groups is 1. The minimum Gasteiger partial charge on any atom is -0.339 e. The lowest BCUT2D eigenvalue weighted by Gasteiger charge is -2.18. The van der Waals surface area contributed by atoms with E-state index >= 15 is 0 Å². The van der Waals surface area contributed by atoms with Crippen LogP contribution in [0.4, 0.5) is 0 Å². The van der Waals surface area contributed by atoms with Crippen molar-refractivity contribution in [3.05, 3.63) is 79.1 Å². The van der Waals surface area contributed by atoms with Crippen molar-refractivity contribution < 1.29 is 14.4 Å². The van der Waals surface area contributed by atoms with Crippen LogP contribution in [0.1, 0.15) is 24.9 Å². The zero-order chi connectivity index (χ0) is 19.9. The fourth-order valence-corrected chi connectivity index (χ4v) is 4.31. The number of benzene rings is 1. The predicted octanol–water partition coefficient (Wildman–Crippen LogP) is 3.37. The van der Waals surface area contributed by atoms with Crippen LogP contribution in [0.3, 0.4) is 0 Å². The van der Waals surface area contributed by atoms with Crippen LogP contribution in [0.2, 0.25) is 0 Å². The molecule has 0 aliphatic rings. The first kappa shape index (κ1) is 20.2. The van der Waals surface area contributed by atoms with Gasteiger partial charge in [-0.1, -0.05) is 36.4 Å². The van der Waals surface area contributed by atoms with Crippen molar-refractivity contribution in [2.45, 2.75) is 12.5 Å². The molecule has 0 aliphatic carbocycles. The van der Waals surface area contributed by atoms with Crippen molar-refractivity contribution in [1.29, 1.82) is 0 Å². The van der Waals surface area contributed by atoms with E-state index in [0.717, 1.165) is 9.35 Å². The standard InChI is InChI=1S/C19H16BrN3O3S2/c20-16-9-8-15(28-16)19(26)23-22-17(24)13(11-12-5-2-1-3-6-12)21-18(25)14-7-4-10-27-14/h1-10,13H,11H2,(H,21,25)(H,22,24)(H,23,26)/t13-/m0/s1. The highest BCUT2D eigenvalue weighted by molar-refractivity contribution is 9.11. The summed E-state index contributed by atoms with van der Waals surface area (Å²) in [5.41, 5.74) is 5.68. The van der Waals surface area contributed by atoms with Crippen molar-refractivity contribution in [3.63, 3.8) is 0 Å². The SMILES string of the molecule is O=C(N[C@@H](Cc1ccccc1)C(=O)NNC(=O)c1ccc(Br)s1)c1cccs1. The number of thiophene rings is 2. The first-order valence-electron chi connectivity index (χ1n) is 8.27. The summed E-state index contributed by atoms with van der Waals surface area (Å²) in [6, 6.07) is 15.4. The largest absolute Gasteiger partial charge is 0.339 e. The van der Waals surface area contributed by atoms with E-state index in [1.54, 1.807) is 29.6 Å². The maximum atomic E-state index is 12.7. The fourth-order valence-electron chi connectivity index (χ4n) is 2.40. The molecule has 9 heteroatoms. The minimum atomic E-state index is -0.840. The van der Waals surface area contributed by atoms with Crippen LogP contribution < -0.4 is 16.2 Å². The van der Waals surface area contributed by atoms with Gasteiger partial charge in [0.15, 0.2) is 0 Å². The fraction of sp³-hybridized carbons (Fsp3) is 0.105. The van der Waals surface area contributed by atoms with Crippen LogP contribution >= 0.6 is 38.6 Å². The molecule has 1 atom stereocenters. The van der Waals surface area contributed by atoms with Gasteiger partial charge in [0, 0.05) is 6.42 Å². The summed E-state index contributed by atoms with van der Waals surface area (Å²) < 4.78 is 0.814. The van der Waals surface area contributed by atoms with Crippen molar-refractivity contribution in [2.75, 3.05) is 0 Å². The number of amides is 3. The molecule has 3 aromatic rings. The molecule has 0 saturated carbocycles. The number of nitrogens with one attached hydrogen (secondary N) is 3. The Kier molecular flexibility index (Phi) is 6.96. The van der Waals surface area contributed by atoms with Crippen LogP contribution in [-0.4, -0.2) is 23.8 Å². The second-order valence-electron chi connectivity index (χ2n) is 5.74. The van der Waals surface area contributed by atoms with Crippen LogP contribution in [0.5, 0.6) is 0 Å². The van der Waals surface area contributed by atoms with E-state index in [1.807, 2.05) is 30.3 Å². The number of rotatable bonds is 6. The van der Waals surface area contributed by atoms with Crippen molar-refractivity contribution in [1.82, 2.24) is 16.2 Å². The molecule has 2 heterocycles. The zero-order valence-corrected chi connectivity index (χ0v) is 17.7. The van der Waals surface area contributed by atoms with E-state index in [2.05, 4.69) is 32.1 Å². The maximum absolute atomic E-state index is 12.7. The zero-order valence-electron chi connectivity index (χ0n) is 14.5. The van der Waals surface area contributed by atoms with Crippen LogP contribution in [0.15, 0.2) is 63.8 Å². The molecule has 0 fully saturated rings. The van der Waals surface area contributed by atoms with Gasteiger partial charge >= 0.3 is 0 Å². The summed E-state index contributed by atoms with van der Waals surface area (Å²) >= 11 is 5.84. The Morgan fingerprint density at radius 1 is 0.893 bits per heavy atom. The van der Waals surface area contributed by atoms with Crippen molar-refractivity contribution in [3.8, 4) is 0 Å². The van der Waals surface area contributed by atoms with E-state index in [1.165, 1.54) is 22.7 Å². The summed E-state index contributed by atoms with van der Waals surface area (Å²) in [5, 5.41) is 4.53. The first-order valence-corrected chi connectivity index (χ1v) is 10.8. The molecule has 1 aromatic carbocycles. The number of carbonyl (C=O) groups is 3. The Morgan fingerprint density at radius 3 is 2.32 bits per heavy atom. The highest BCUT2D eigenvalue weighted by Crippen LogP contribution is 2.21. The highest BCUT2D eigenvalue weighted by Gasteiger charge is 2.23. The van der Waals surface area contributed by atoms with E-state index in [-0.39, 0.29) is 5.91 Å². The summed E-state index contributed by atoms with van der Waals surface area (Å²) in [6.45, 7) is 0. The Morgan fingerprint density at radius 2 is 1.68 bits per heavy atom. The van der Waals surface area contributed by atoms with Crippen molar-refractivity contribution in [2.24, 2.45) is 0 Å². The molecule has 0 bridgehead atoms. The second-order valence-corrected chi connectivity index (χ2v) is 9.15. The molecule has 6 nitrogen and oxygen atoms in total. The summed E-state index contributed by atoms with van der Waals surface area (Å²) in [6.07, 6.45) is 0.296. The summed E-state index contributed by atoms with van der Waals surface area (Å²) in [4.78, 5) is 38.1. The molecule has 144 valence electrons. The van der Waals surface area contributed by atoms with Gasteiger partial charge in [-0.2, -0.15) is 0 Å². The number of carbonyl (C=O) groups excluding carboxylic acids is 3. The lowest BCUT2D eigenvalue weighted by atomic mass is 10.1. The normalized spacial score (nSPS) is 11.5. The molecule has 0 aliphatic heterocycles. The summed E-state index contributed by atoms with van der Waals surface area (Å²) in [7, 11) is 0. The topological polar surface area (TPSA) is 87.3 Å². The molecule has 3 amide bonds. The average Bonchev–Trinajstić information content (AvgIpc) is 3.38. The quantitative estimate of drug-likeness (QED) is 0.475. The second kappa shape index (κ2) is 9.63. The molecule has 0 saturated heterocycles. The lowest BCUT2D eigenvalue weighted by Crippen LogP contribution is -2.53. The molecule has 0 unspecified atom stereocenters. The molecule has 3 N–H and O–H groups in total. The Bertz CT molecular complexity index is 958. The molecule has 0 radical (unpaired) electrons. The Balaban J connectivity index is 1.66. The molecular formula is C19H16BrN3O3S2. The average molecular weight is 478 g/mol. The van der Waals surface area contributed by atoms with Gasteiger partial charge in [-0.05, 0) is 45.1 Å². The smallest absolute Gasteiger partial charge is 0.279 e. The summed E-state index contributed by atoms with van der Waals surface area (Å²) in [5.74, 6) is -1.26. The van der Waals surface area contributed by atoms with Gasteiger partial charge < -0.3 is 5.32 Å². The molecule has 28 heavy (non-hydrogen) atoms. The predicted molar refractivity (Wildman–Crippen MR) is 113 cm³/mol. The van der Waals surface area contributed by atoms with E-state index in [0.29, 0.717) is 16.2 Å². The third-order valence-electron chi connectivity index (χ3n) is 3.75. The molecular weight excluding hydrogens is 462 g/mol. The first-order chi connectivity index (χ1) is 13.5. The van der Waals surface area contributed by atoms with E-state index in [9.17, 15) is 14.4 Å². The van der Waals surface area contributed by atoms with Gasteiger partial charge in [0.05, 0.1) is 13.5 Å². The monoisotopic (exact) mass is 477 g/mol. The number of halogens is 1. The van der Waals surface area contributed by atoms with Gasteiger partial charge in [-0.15, -0.1) is 22.7 Å². The van der Waals surface area contributed by atoms with Crippen LogP contribution in [0, 0.1) is 0 Å². The third kappa shape index (κ3) is 5.51. The van der Waals surface area contributed by atoms with Crippen LogP contribution in [-0.2, 0) is 11.2 Å². The molecule has 2 aromatic heterocycles. The number of hydrogen-bond donors (Lipinski definition) is 3. The lowest BCUT2D eigenvalue weighted by molar-refractivity contribution is -0.123. The Labute approximate surface area is 178 Å². The Hall–Kier alpha value is -2.49. The van der Waals surface area contributed by atoms with Gasteiger partial charge in [-0.3, -0.25) is 25.2 Å². The van der Waals surface area contributed by atoms with Crippen LogP contribution in [0.25, 0.3) is 0 Å². The van der Waals surface area contributed by atoms with Gasteiger partial charge in [0.2, 0.25) is 0 Å². The highest BCUT2D eigenvalue weighted by atomic mass is 79.9. The molecule has 0 spiro atoms. The van der Waals surface area contributed by atoms with Gasteiger partial charge in [0.25, 0.3) is 17.7 Å². The van der Waals surface area contributed by atoms with E-state index < -0.39 is 17.9 Å². The van der Waals surface area contributed by atoms with Gasteiger partial charge in [-0.25, -0.2) is 0 Å². The molecule has 3 rings (SSSR count). The third-order valence-corrected chi connectivity index (χ3v) is 6.24. The maximum Gasteiger partial charge on any atom is 0.279 e. The van der Waals surface area contributed by atoms with Gasteiger partial charge in [0.1, 0.15) is 6.04 Å². The number of hydrogen-bond acceptors (Lipinski definition) is 5. The van der Waals surface area contributed by atoms with E-state index in [4.69, 9.17) is 0 Å². The van der Waals surface area contributed by atoms with Crippen molar-refractivity contribution >= 4 is 56.3 Å².